The maximum atomic E-state index is 8.62. The summed E-state index contributed by atoms with van der Waals surface area (Å²) in [7, 11) is 1.72. The molecule has 1 unspecified atom stereocenters. The monoisotopic (exact) mass is 269 g/mol. The molecule has 1 aliphatic heterocycles. The Morgan fingerprint density at radius 2 is 2.39 bits per heavy atom. The summed E-state index contributed by atoms with van der Waals surface area (Å²) in [6.45, 7) is 1.75. The number of amidine groups is 1. The summed E-state index contributed by atoms with van der Waals surface area (Å²) in [5.74, 6) is 0.0552. The van der Waals surface area contributed by atoms with Crippen LogP contribution in [0.3, 0.4) is 0 Å². The lowest BCUT2D eigenvalue weighted by molar-refractivity contribution is 0.121. The molecule has 0 bridgehead atoms. The third-order valence-corrected chi connectivity index (χ3v) is 3.47. The van der Waals surface area contributed by atoms with Crippen LogP contribution in [0.25, 0.3) is 0 Å². The third-order valence-electron chi connectivity index (χ3n) is 3.17. The highest BCUT2D eigenvalue weighted by Crippen LogP contribution is 2.30. The van der Waals surface area contributed by atoms with Gasteiger partial charge < -0.3 is 20.6 Å². The lowest BCUT2D eigenvalue weighted by Crippen LogP contribution is -2.22. The van der Waals surface area contributed by atoms with Gasteiger partial charge in [-0.3, -0.25) is 0 Å². The van der Waals surface area contributed by atoms with Gasteiger partial charge in [0.1, 0.15) is 0 Å². The molecule has 1 fully saturated rings. The second-order valence-corrected chi connectivity index (χ2v) is 4.65. The molecule has 1 heterocycles. The number of benzene rings is 1. The molecule has 98 valence electrons. The van der Waals surface area contributed by atoms with Crippen LogP contribution in [0.4, 0.5) is 5.69 Å². The predicted molar refractivity (Wildman–Crippen MR) is 71.6 cm³/mol. The molecule has 2 rings (SSSR count). The molecule has 5 nitrogen and oxygen atoms in total. The molecule has 0 amide bonds. The molecule has 0 aromatic heterocycles. The second kappa shape index (κ2) is 5.46. The summed E-state index contributed by atoms with van der Waals surface area (Å²) in [4.78, 5) is 2.17. The minimum absolute atomic E-state index is 0.0552. The Balaban J connectivity index is 2.20. The third kappa shape index (κ3) is 2.52. The van der Waals surface area contributed by atoms with E-state index in [1.807, 2.05) is 6.07 Å². The van der Waals surface area contributed by atoms with Crippen molar-refractivity contribution in [3.8, 4) is 0 Å². The van der Waals surface area contributed by atoms with Crippen molar-refractivity contribution in [2.45, 2.75) is 12.5 Å². The van der Waals surface area contributed by atoms with E-state index in [4.69, 9.17) is 27.3 Å². The quantitative estimate of drug-likeness (QED) is 0.379. The van der Waals surface area contributed by atoms with E-state index in [-0.39, 0.29) is 11.9 Å². The summed E-state index contributed by atoms with van der Waals surface area (Å²) in [6.07, 6.45) is 1.25. The Kier molecular flexibility index (Phi) is 3.93. The summed E-state index contributed by atoms with van der Waals surface area (Å²) in [5.41, 5.74) is 7.07. The van der Waals surface area contributed by atoms with Gasteiger partial charge in [-0.15, -0.1) is 0 Å². The first-order valence-electron chi connectivity index (χ1n) is 5.71. The van der Waals surface area contributed by atoms with Crippen molar-refractivity contribution in [1.29, 1.82) is 0 Å². The molecule has 1 aliphatic rings. The van der Waals surface area contributed by atoms with Crippen LogP contribution in [0.15, 0.2) is 23.4 Å². The molecule has 0 saturated carbocycles. The van der Waals surface area contributed by atoms with E-state index in [1.165, 1.54) is 0 Å². The van der Waals surface area contributed by atoms with E-state index in [9.17, 15) is 0 Å². The molecule has 1 atom stereocenters. The SMILES string of the molecule is COC1CCN(c2ccc(/C(N)=N/O)cc2Cl)C1. The number of nitrogens with two attached hydrogens (primary N) is 1. The van der Waals surface area contributed by atoms with E-state index >= 15 is 0 Å². The largest absolute Gasteiger partial charge is 0.409 e. The average Bonchev–Trinajstić information content (AvgIpc) is 2.86. The van der Waals surface area contributed by atoms with Crippen molar-refractivity contribution in [3.63, 3.8) is 0 Å². The first-order valence-corrected chi connectivity index (χ1v) is 6.08. The van der Waals surface area contributed by atoms with Crippen molar-refractivity contribution in [1.82, 2.24) is 0 Å². The highest BCUT2D eigenvalue weighted by Gasteiger charge is 2.23. The highest BCUT2D eigenvalue weighted by atomic mass is 35.5. The topological polar surface area (TPSA) is 71.1 Å². The minimum Gasteiger partial charge on any atom is -0.409 e. The first kappa shape index (κ1) is 13.0. The Hall–Kier alpha value is -1.46. The molecule has 6 heteroatoms. The van der Waals surface area contributed by atoms with Gasteiger partial charge in [0.15, 0.2) is 5.84 Å². The molecule has 0 spiro atoms. The van der Waals surface area contributed by atoms with Crippen molar-refractivity contribution < 1.29 is 9.94 Å². The molecule has 1 saturated heterocycles. The fraction of sp³-hybridized carbons (Fsp3) is 0.417. The predicted octanol–water partition coefficient (Wildman–Crippen LogP) is 1.66. The molecule has 18 heavy (non-hydrogen) atoms. The molecule has 3 N–H and O–H groups in total. The lowest BCUT2D eigenvalue weighted by atomic mass is 10.2. The first-order chi connectivity index (χ1) is 8.65. The van der Waals surface area contributed by atoms with Crippen molar-refractivity contribution in [2.24, 2.45) is 10.9 Å². The highest BCUT2D eigenvalue weighted by molar-refractivity contribution is 6.33. The van der Waals surface area contributed by atoms with Gasteiger partial charge in [0, 0.05) is 25.8 Å². The zero-order chi connectivity index (χ0) is 13.1. The number of methoxy groups -OCH3 is 1. The minimum atomic E-state index is 0.0552. The summed E-state index contributed by atoms with van der Waals surface area (Å²) in [5, 5.41) is 12.2. The van der Waals surface area contributed by atoms with Crippen LogP contribution in [0.5, 0.6) is 0 Å². The number of rotatable bonds is 3. The summed E-state index contributed by atoms with van der Waals surface area (Å²) < 4.78 is 5.33. The molecule has 1 aromatic carbocycles. The van der Waals surface area contributed by atoms with Crippen LogP contribution in [-0.4, -0.2) is 37.3 Å². The zero-order valence-corrected chi connectivity index (χ0v) is 10.9. The number of halogens is 1. The maximum absolute atomic E-state index is 8.62. The fourth-order valence-corrected chi connectivity index (χ4v) is 2.42. The van der Waals surface area contributed by atoms with Gasteiger partial charge in [-0.05, 0) is 24.6 Å². The lowest BCUT2D eigenvalue weighted by Gasteiger charge is -2.20. The normalized spacial score (nSPS) is 20.4. The van der Waals surface area contributed by atoms with E-state index in [2.05, 4.69) is 10.1 Å². The maximum Gasteiger partial charge on any atom is 0.170 e. The van der Waals surface area contributed by atoms with E-state index < -0.39 is 0 Å². The Morgan fingerprint density at radius 1 is 1.61 bits per heavy atom. The van der Waals surface area contributed by atoms with Crippen LogP contribution in [0.2, 0.25) is 5.02 Å². The van der Waals surface area contributed by atoms with Gasteiger partial charge in [0.2, 0.25) is 0 Å². The fourth-order valence-electron chi connectivity index (χ4n) is 2.12. The van der Waals surface area contributed by atoms with Gasteiger partial charge in [-0.2, -0.15) is 0 Å². The van der Waals surface area contributed by atoms with Gasteiger partial charge in [0.05, 0.1) is 16.8 Å². The van der Waals surface area contributed by atoms with Gasteiger partial charge in [-0.1, -0.05) is 16.8 Å². The number of ether oxygens (including phenoxy) is 1. The zero-order valence-electron chi connectivity index (χ0n) is 10.1. The molecule has 1 aromatic rings. The Morgan fingerprint density at radius 3 is 2.94 bits per heavy atom. The van der Waals surface area contributed by atoms with Crippen molar-refractivity contribution >= 4 is 23.1 Å². The number of hydrogen-bond donors (Lipinski definition) is 2. The standard InChI is InChI=1S/C12H16ClN3O2/c1-18-9-4-5-16(7-9)11-3-2-8(6-10(11)13)12(14)15-17/h2-3,6,9,17H,4-5,7H2,1H3,(H2,14,15). The number of nitrogens with zero attached hydrogens (tertiary/aromatic N) is 2. The Bertz CT molecular complexity index is 465. The van der Waals surface area contributed by atoms with Crippen LogP contribution >= 0.6 is 11.6 Å². The van der Waals surface area contributed by atoms with Crippen LogP contribution in [-0.2, 0) is 4.74 Å². The summed E-state index contributed by atoms with van der Waals surface area (Å²) in [6, 6.07) is 5.37. The van der Waals surface area contributed by atoms with Gasteiger partial charge in [0.25, 0.3) is 0 Å². The van der Waals surface area contributed by atoms with Gasteiger partial charge >= 0.3 is 0 Å². The smallest absolute Gasteiger partial charge is 0.170 e. The van der Waals surface area contributed by atoms with Crippen molar-refractivity contribution in [2.75, 3.05) is 25.1 Å². The number of anilines is 1. The van der Waals surface area contributed by atoms with E-state index in [0.717, 1.165) is 25.2 Å². The van der Waals surface area contributed by atoms with Crippen LogP contribution < -0.4 is 10.6 Å². The average molecular weight is 270 g/mol. The van der Waals surface area contributed by atoms with Crippen molar-refractivity contribution in [3.05, 3.63) is 28.8 Å². The number of hydrogen-bond acceptors (Lipinski definition) is 4. The molecule has 0 radical (unpaired) electrons. The number of oxime groups is 1. The van der Waals surface area contributed by atoms with Crippen LogP contribution in [0.1, 0.15) is 12.0 Å². The molecular formula is C12H16ClN3O2. The van der Waals surface area contributed by atoms with Gasteiger partial charge in [-0.25, -0.2) is 0 Å². The molecule has 0 aliphatic carbocycles. The molecular weight excluding hydrogens is 254 g/mol. The second-order valence-electron chi connectivity index (χ2n) is 4.24. The van der Waals surface area contributed by atoms with Crippen LogP contribution in [0, 0.1) is 0 Å². The summed E-state index contributed by atoms with van der Waals surface area (Å²) >= 11 is 6.23. The van der Waals surface area contributed by atoms with E-state index in [1.54, 1.807) is 19.2 Å². The van der Waals surface area contributed by atoms with E-state index in [0.29, 0.717) is 10.6 Å². The Labute approximate surface area is 111 Å².